The van der Waals surface area contributed by atoms with Crippen molar-refractivity contribution in [3.63, 3.8) is 0 Å². The Labute approximate surface area is 208 Å². The number of amides is 2. The molecule has 0 saturated heterocycles. The van der Waals surface area contributed by atoms with E-state index in [1.54, 1.807) is 34.9 Å². The number of sulfonamides is 1. The van der Waals surface area contributed by atoms with Crippen molar-refractivity contribution in [2.24, 2.45) is 0 Å². The maximum absolute atomic E-state index is 13.2. The quantitative estimate of drug-likeness (QED) is 0.357. The molecule has 0 unspecified atom stereocenters. The molecule has 0 spiro atoms. The number of thiophene rings is 1. The van der Waals surface area contributed by atoms with Gasteiger partial charge in [0.15, 0.2) is 0 Å². The monoisotopic (exact) mass is 534 g/mol. The van der Waals surface area contributed by atoms with Crippen LogP contribution < -0.4 is 20.9 Å². The van der Waals surface area contributed by atoms with E-state index in [-0.39, 0.29) is 19.1 Å². The fourth-order valence-corrected chi connectivity index (χ4v) is 6.70. The van der Waals surface area contributed by atoms with Gasteiger partial charge in [0.25, 0.3) is 15.6 Å². The average molecular weight is 535 g/mol. The van der Waals surface area contributed by atoms with Crippen molar-refractivity contribution in [1.29, 1.82) is 0 Å². The minimum atomic E-state index is -4.13. The largest absolute Gasteiger partial charge is 0.333 e. The summed E-state index contributed by atoms with van der Waals surface area (Å²) in [5, 5.41) is 7.43. The number of pyridine rings is 1. The van der Waals surface area contributed by atoms with Gasteiger partial charge in [0.1, 0.15) is 8.55 Å². The highest BCUT2D eigenvalue weighted by molar-refractivity contribution is 7.92. The van der Waals surface area contributed by atoms with Crippen LogP contribution in [0.2, 0.25) is 9.36 Å². The number of carbonyl (C=O) groups excluding carboxylic acids is 1. The number of nitrogens with one attached hydrogen (secondary N) is 3. The lowest BCUT2D eigenvalue weighted by atomic mass is 10.0. The molecule has 12 heteroatoms. The molecule has 0 atom stereocenters. The Bertz CT molecular complexity index is 1590. The smallest absolute Gasteiger partial charge is 0.307 e. The number of hydrogen-bond acceptors (Lipinski definition) is 6. The number of rotatable bonds is 4. The van der Waals surface area contributed by atoms with E-state index >= 15 is 0 Å². The van der Waals surface area contributed by atoms with Crippen LogP contribution in [-0.2, 0) is 23.1 Å². The number of aromatic nitrogens is 1. The summed E-state index contributed by atoms with van der Waals surface area (Å²) in [5.74, 6) is 0. The van der Waals surface area contributed by atoms with Gasteiger partial charge < -0.3 is 10.6 Å². The van der Waals surface area contributed by atoms with Crippen LogP contribution >= 0.6 is 34.5 Å². The Morgan fingerprint density at radius 1 is 1.03 bits per heavy atom. The highest BCUT2D eigenvalue weighted by atomic mass is 35.5. The van der Waals surface area contributed by atoms with Crippen LogP contribution in [0.25, 0.3) is 16.5 Å². The van der Waals surface area contributed by atoms with Crippen LogP contribution in [0.15, 0.2) is 63.6 Å². The third-order valence-corrected chi connectivity index (χ3v) is 9.07. The molecule has 2 aromatic carbocycles. The van der Waals surface area contributed by atoms with E-state index in [4.69, 9.17) is 23.2 Å². The van der Waals surface area contributed by atoms with Gasteiger partial charge in [-0.3, -0.25) is 9.36 Å². The number of urea groups is 1. The van der Waals surface area contributed by atoms with Crippen molar-refractivity contribution < 1.29 is 13.2 Å². The van der Waals surface area contributed by atoms with Crippen molar-refractivity contribution in [3.05, 3.63) is 85.6 Å². The summed E-state index contributed by atoms with van der Waals surface area (Å²) >= 11 is 12.4. The Kier molecular flexibility index (Phi) is 5.86. The maximum Gasteiger partial charge on any atom is 0.333 e. The Hall–Kier alpha value is -2.89. The fourth-order valence-electron chi connectivity index (χ4n) is 3.91. The highest BCUT2D eigenvalue weighted by Crippen LogP contribution is 2.34. The molecule has 0 fully saturated rings. The molecule has 4 aromatic rings. The summed E-state index contributed by atoms with van der Waals surface area (Å²) < 4.78 is 28.3. The van der Waals surface area contributed by atoms with Gasteiger partial charge in [0.2, 0.25) is 0 Å². The van der Waals surface area contributed by atoms with Crippen molar-refractivity contribution in [1.82, 2.24) is 14.6 Å². The molecule has 0 saturated carbocycles. The summed E-state index contributed by atoms with van der Waals surface area (Å²) in [5.41, 5.74) is 2.83. The predicted octanol–water partition coefficient (Wildman–Crippen LogP) is 4.47. The molecular weight excluding hydrogens is 519 g/mol. The van der Waals surface area contributed by atoms with Gasteiger partial charge >= 0.3 is 6.03 Å². The Balaban J connectivity index is 1.40. The lowest BCUT2D eigenvalue weighted by Crippen LogP contribution is -2.33. The third kappa shape index (κ3) is 4.08. The molecule has 1 aliphatic rings. The zero-order valence-electron chi connectivity index (χ0n) is 17.3. The average Bonchev–Trinajstić information content (AvgIpc) is 3.42. The number of benzene rings is 2. The number of anilines is 1. The second kappa shape index (κ2) is 8.71. The van der Waals surface area contributed by atoms with Crippen molar-refractivity contribution >= 4 is 67.1 Å². The summed E-state index contributed by atoms with van der Waals surface area (Å²) in [6.45, 7) is 1.23. The zero-order valence-corrected chi connectivity index (χ0v) is 20.4. The molecule has 2 aromatic heterocycles. The van der Waals surface area contributed by atoms with Crippen LogP contribution in [0, 0.1) is 0 Å². The lowest BCUT2D eigenvalue weighted by Gasteiger charge is -2.15. The molecule has 8 nitrogen and oxygen atoms in total. The fraction of sp³-hybridized carbons (Fsp3) is 0.0909. The van der Waals surface area contributed by atoms with Crippen LogP contribution in [0.4, 0.5) is 10.5 Å². The molecule has 34 heavy (non-hydrogen) atoms. The number of nitrogens with zero attached hydrogens (tertiary/aromatic N) is 1. The van der Waals surface area contributed by atoms with Crippen molar-refractivity contribution in [2.45, 2.75) is 17.3 Å². The minimum Gasteiger partial charge on any atom is -0.307 e. The molecule has 0 bridgehead atoms. The maximum atomic E-state index is 13.2. The van der Waals surface area contributed by atoms with Gasteiger partial charge in [-0.1, -0.05) is 41.4 Å². The number of carbonyl (C=O) groups is 1. The first-order valence-electron chi connectivity index (χ1n) is 10.00. The SMILES string of the molecule is O=C(Nc1ccc(-n2c3c(c4ccccc4c2=O)CNC3)cc1)NS(=O)(=O)c1cc(Cl)c(Cl)s1. The second-order valence-corrected chi connectivity index (χ2v) is 11.5. The van der Waals surface area contributed by atoms with Gasteiger partial charge in [-0.15, -0.1) is 11.3 Å². The lowest BCUT2D eigenvalue weighted by molar-refractivity contribution is 0.256. The van der Waals surface area contributed by atoms with E-state index in [0.717, 1.165) is 28.0 Å². The standard InChI is InChI=1S/C22H16Cl2N4O4S2/c23-17-9-19(33-20(17)24)34(31,32)27-22(30)26-12-5-7-13(8-6-12)28-18-11-25-10-16(18)14-3-1-2-4-15(14)21(28)29/h1-9,25H,10-11H2,(H2,26,27,30). The van der Waals surface area contributed by atoms with E-state index < -0.39 is 16.1 Å². The predicted molar refractivity (Wildman–Crippen MR) is 134 cm³/mol. The molecule has 3 heterocycles. The minimum absolute atomic E-state index is 0.0913. The van der Waals surface area contributed by atoms with Gasteiger partial charge in [-0.25, -0.2) is 17.9 Å². The highest BCUT2D eigenvalue weighted by Gasteiger charge is 2.23. The van der Waals surface area contributed by atoms with Crippen LogP contribution in [0.3, 0.4) is 0 Å². The van der Waals surface area contributed by atoms with Crippen LogP contribution in [-0.4, -0.2) is 19.0 Å². The second-order valence-electron chi connectivity index (χ2n) is 7.51. The molecule has 0 radical (unpaired) electrons. The summed E-state index contributed by atoms with van der Waals surface area (Å²) in [6, 6.07) is 14.3. The molecule has 1 aliphatic heterocycles. The topological polar surface area (TPSA) is 109 Å². The van der Waals surface area contributed by atoms with E-state index in [9.17, 15) is 18.0 Å². The van der Waals surface area contributed by atoms with Crippen LogP contribution in [0.5, 0.6) is 0 Å². The molecule has 3 N–H and O–H groups in total. The van der Waals surface area contributed by atoms with Gasteiger partial charge in [-0.2, -0.15) is 0 Å². The molecule has 2 amide bonds. The number of halogens is 2. The van der Waals surface area contributed by atoms with Gasteiger partial charge in [0, 0.05) is 35.5 Å². The van der Waals surface area contributed by atoms with E-state index in [1.165, 1.54) is 6.07 Å². The van der Waals surface area contributed by atoms with Gasteiger partial charge in [0.05, 0.1) is 5.02 Å². The number of fused-ring (bicyclic) bond motifs is 3. The van der Waals surface area contributed by atoms with E-state index in [1.807, 2.05) is 22.9 Å². The summed E-state index contributed by atoms with van der Waals surface area (Å²) in [4.78, 5) is 25.5. The first-order chi connectivity index (χ1) is 16.2. The van der Waals surface area contributed by atoms with Crippen molar-refractivity contribution in [2.75, 3.05) is 5.32 Å². The molecule has 174 valence electrons. The molecular formula is C22H16Cl2N4O4S2. The Morgan fingerprint density at radius 2 is 1.74 bits per heavy atom. The normalized spacial score (nSPS) is 13.1. The van der Waals surface area contributed by atoms with E-state index in [2.05, 4.69) is 10.6 Å². The van der Waals surface area contributed by atoms with E-state index in [0.29, 0.717) is 29.9 Å². The summed E-state index contributed by atoms with van der Waals surface area (Å²) in [7, 11) is -4.13. The molecule has 0 aliphatic carbocycles. The first kappa shape index (κ1) is 22.9. The Morgan fingerprint density at radius 3 is 2.41 bits per heavy atom. The molecule has 5 rings (SSSR count). The van der Waals surface area contributed by atoms with Crippen molar-refractivity contribution in [3.8, 4) is 5.69 Å². The van der Waals surface area contributed by atoms with Gasteiger partial charge in [-0.05, 0) is 47.3 Å². The third-order valence-electron chi connectivity index (χ3n) is 5.40. The van der Waals surface area contributed by atoms with Crippen LogP contribution in [0.1, 0.15) is 11.3 Å². The summed E-state index contributed by atoms with van der Waals surface area (Å²) in [6.07, 6.45) is 0. The number of hydrogen-bond donors (Lipinski definition) is 3. The first-order valence-corrected chi connectivity index (χ1v) is 13.1. The zero-order chi connectivity index (χ0) is 24.0.